The van der Waals surface area contributed by atoms with Crippen molar-refractivity contribution in [3.63, 3.8) is 0 Å². The van der Waals surface area contributed by atoms with E-state index in [4.69, 9.17) is 9.90 Å². The number of carboxylic acids is 1. The minimum absolute atomic E-state index is 0. The molecule has 0 saturated heterocycles. The first-order chi connectivity index (χ1) is 11.1. The van der Waals surface area contributed by atoms with Gasteiger partial charge in [0, 0.05) is 19.5 Å². The molecule has 0 amide bonds. The van der Waals surface area contributed by atoms with E-state index in [1.165, 1.54) is 70.6 Å². The molecule has 25 heavy (non-hydrogen) atoms. The monoisotopic (exact) mass is 374 g/mol. The molecule has 6 heteroatoms. The molecule has 1 aliphatic heterocycles. The fraction of sp³-hybridized carbons (Fsp3) is 0.895. The quantitative estimate of drug-likeness (QED) is 0.417. The predicted octanol–water partition coefficient (Wildman–Crippen LogP) is 3.82. The molecule has 1 unspecified atom stereocenters. The summed E-state index contributed by atoms with van der Waals surface area (Å²) in [6.45, 7) is 7.85. The van der Waals surface area contributed by atoms with Gasteiger partial charge in [0.15, 0.2) is 0 Å². The fourth-order valence-electron chi connectivity index (χ4n) is 2.82. The zero-order valence-electron chi connectivity index (χ0n) is 15.6. The number of aliphatic carboxylic acids is 1. The summed E-state index contributed by atoms with van der Waals surface area (Å²) in [6.07, 6.45) is 17.7. The van der Waals surface area contributed by atoms with Gasteiger partial charge in [0.2, 0.25) is 0 Å². The summed E-state index contributed by atoms with van der Waals surface area (Å²) in [6, 6.07) is 0.695. The fourth-order valence-corrected chi connectivity index (χ4v) is 2.82. The van der Waals surface area contributed by atoms with Crippen LogP contribution in [0.1, 0.15) is 91.4 Å². The van der Waals surface area contributed by atoms with Crippen LogP contribution in [-0.2, 0) is 4.79 Å². The SMILES string of the molecule is CC(=O)O.CCCCCCCCCCCCC(C)N1C=NCC1.[NaH].[NaH]. The van der Waals surface area contributed by atoms with E-state index in [-0.39, 0.29) is 59.1 Å². The summed E-state index contributed by atoms with van der Waals surface area (Å²) < 4.78 is 0. The first kappa shape index (κ1) is 30.7. The Morgan fingerprint density at radius 3 is 1.88 bits per heavy atom. The molecule has 0 radical (unpaired) electrons. The normalized spacial score (nSPS) is 13.3. The third-order valence-corrected chi connectivity index (χ3v) is 4.26. The third kappa shape index (κ3) is 22.9. The molecule has 1 N–H and O–H groups in total. The average Bonchev–Trinajstić information content (AvgIpc) is 3.03. The summed E-state index contributed by atoms with van der Waals surface area (Å²) in [7, 11) is 0. The average molecular weight is 375 g/mol. The first-order valence-electron chi connectivity index (χ1n) is 9.53. The number of hydrogen-bond acceptors (Lipinski definition) is 3. The Bertz CT molecular complexity index is 312. The summed E-state index contributed by atoms with van der Waals surface area (Å²) in [4.78, 5) is 15.7. The third-order valence-electron chi connectivity index (χ3n) is 4.26. The van der Waals surface area contributed by atoms with Crippen LogP contribution in [0.3, 0.4) is 0 Å². The summed E-state index contributed by atoms with van der Waals surface area (Å²) in [5, 5.41) is 7.42. The number of carbonyl (C=O) groups is 1. The van der Waals surface area contributed by atoms with Gasteiger partial charge in [0.25, 0.3) is 5.97 Å². The molecule has 0 aromatic rings. The van der Waals surface area contributed by atoms with Crippen molar-refractivity contribution in [1.82, 2.24) is 4.90 Å². The van der Waals surface area contributed by atoms with Gasteiger partial charge in [0.05, 0.1) is 12.9 Å². The van der Waals surface area contributed by atoms with Crippen molar-refractivity contribution in [2.45, 2.75) is 97.4 Å². The Labute approximate surface area is 200 Å². The number of unbranched alkanes of at least 4 members (excludes halogenated alkanes) is 9. The van der Waals surface area contributed by atoms with Crippen LogP contribution in [0.2, 0.25) is 0 Å². The van der Waals surface area contributed by atoms with Gasteiger partial charge >= 0.3 is 59.1 Å². The molecule has 0 aromatic heterocycles. The predicted molar refractivity (Wildman–Crippen MR) is 114 cm³/mol. The van der Waals surface area contributed by atoms with Gasteiger partial charge in [-0.3, -0.25) is 9.79 Å². The van der Waals surface area contributed by atoms with Crippen LogP contribution in [0.15, 0.2) is 4.99 Å². The van der Waals surface area contributed by atoms with Crippen LogP contribution in [0.5, 0.6) is 0 Å². The standard InChI is InChI=1S/C17H34N2.C2H4O2.2Na.2H/c1-3-4-5-6-7-8-9-10-11-12-13-17(2)19-15-14-18-16-19;1-2(3)4;;;;/h16-17H,3-15H2,1-2H3;1H3,(H,3,4);;;;. The molecular formula is C19H40N2Na2O2. The van der Waals surface area contributed by atoms with Crippen molar-refractivity contribution < 1.29 is 9.90 Å². The van der Waals surface area contributed by atoms with Gasteiger partial charge in [-0.15, -0.1) is 0 Å². The Morgan fingerprint density at radius 2 is 1.48 bits per heavy atom. The number of nitrogens with zero attached hydrogens (tertiary/aromatic N) is 2. The van der Waals surface area contributed by atoms with Gasteiger partial charge in [-0.1, -0.05) is 71.1 Å². The van der Waals surface area contributed by atoms with E-state index in [0.717, 1.165) is 20.0 Å². The second kappa shape index (κ2) is 23.0. The van der Waals surface area contributed by atoms with Crippen molar-refractivity contribution in [1.29, 1.82) is 0 Å². The maximum absolute atomic E-state index is 9.00. The van der Waals surface area contributed by atoms with Gasteiger partial charge in [-0.05, 0) is 13.3 Å². The Balaban J connectivity index is -0.000000728. The molecule has 4 nitrogen and oxygen atoms in total. The van der Waals surface area contributed by atoms with E-state index >= 15 is 0 Å². The molecule has 1 rings (SSSR count). The topological polar surface area (TPSA) is 52.9 Å². The van der Waals surface area contributed by atoms with Crippen LogP contribution in [0, 0.1) is 0 Å². The molecule has 0 aromatic carbocycles. The van der Waals surface area contributed by atoms with Crippen molar-refractivity contribution in [3.05, 3.63) is 0 Å². The minimum atomic E-state index is -0.833. The van der Waals surface area contributed by atoms with Crippen LogP contribution >= 0.6 is 0 Å². The zero-order chi connectivity index (χ0) is 17.3. The van der Waals surface area contributed by atoms with Crippen molar-refractivity contribution in [2.24, 2.45) is 4.99 Å². The van der Waals surface area contributed by atoms with Crippen LogP contribution in [-0.4, -0.2) is 101 Å². The second-order valence-electron chi connectivity index (χ2n) is 6.60. The van der Waals surface area contributed by atoms with Crippen molar-refractivity contribution in [2.75, 3.05) is 13.1 Å². The molecule has 0 aliphatic carbocycles. The molecular weight excluding hydrogens is 334 g/mol. The molecule has 0 bridgehead atoms. The number of aliphatic imine (C=N–C) groups is 1. The van der Waals surface area contributed by atoms with E-state index in [9.17, 15) is 0 Å². The van der Waals surface area contributed by atoms with E-state index in [1.807, 2.05) is 6.34 Å². The number of carboxylic acid groups (broad SMARTS) is 1. The molecule has 0 fully saturated rings. The molecule has 0 saturated carbocycles. The molecule has 140 valence electrons. The van der Waals surface area contributed by atoms with Crippen molar-refractivity contribution >= 4 is 71.4 Å². The van der Waals surface area contributed by atoms with Gasteiger partial charge in [-0.25, -0.2) is 0 Å². The van der Waals surface area contributed by atoms with Gasteiger partial charge < -0.3 is 10.0 Å². The molecule has 1 heterocycles. The van der Waals surface area contributed by atoms with Gasteiger partial charge in [-0.2, -0.15) is 0 Å². The first-order valence-corrected chi connectivity index (χ1v) is 9.53. The van der Waals surface area contributed by atoms with E-state index in [2.05, 4.69) is 23.7 Å². The summed E-state index contributed by atoms with van der Waals surface area (Å²) in [5.74, 6) is -0.833. The zero-order valence-corrected chi connectivity index (χ0v) is 15.6. The van der Waals surface area contributed by atoms with Gasteiger partial charge in [0.1, 0.15) is 0 Å². The summed E-state index contributed by atoms with van der Waals surface area (Å²) >= 11 is 0. The van der Waals surface area contributed by atoms with Crippen LogP contribution < -0.4 is 0 Å². The second-order valence-corrected chi connectivity index (χ2v) is 6.60. The van der Waals surface area contributed by atoms with Crippen LogP contribution in [0.25, 0.3) is 0 Å². The van der Waals surface area contributed by atoms with E-state index in [1.54, 1.807) is 0 Å². The van der Waals surface area contributed by atoms with E-state index in [0.29, 0.717) is 6.04 Å². The summed E-state index contributed by atoms with van der Waals surface area (Å²) in [5.41, 5.74) is 0. The maximum atomic E-state index is 9.00. The number of hydrogen-bond donors (Lipinski definition) is 1. The van der Waals surface area contributed by atoms with Crippen molar-refractivity contribution in [3.8, 4) is 0 Å². The van der Waals surface area contributed by atoms with Crippen LogP contribution in [0.4, 0.5) is 0 Å². The molecule has 0 spiro atoms. The molecule has 1 aliphatic rings. The Hall–Kier alpha value is 0.940. The Kier molecular flexibility index (Phi) is 28.2. The number of rotatable bonds is 12. The van der Waals surface area contributed by atoms with E-state index < -0.39 is 5.97 Å². The Morgan fingerprint density at radius 1 is 1.04 bits per heavy atom. The molecule has 1 atom stereocenters.